The summed E-state index contributed by atoms with van der Waals surface area (Å²) in [6, 6.07) is 17.4. The lowest BCUT2D eigenvalue weighted by Gasteiger charge is -2.12. The normalized spacial score (nSPS) is 11.9. The summed E-state index contributed by atoms with van der Waals surface area (Å²) in [5.41, 5.74) is 1.00. The van der Waals surface area contributed by atoms with Crippen LogP contribution in [0.2, 0.25) is 5.02 Å². The molecule has 0 spiro atoms. The Balaban J connectivity index is 1.85. The zero-order chi connectivity index (χ0) is 14.4. The predicted molar refractivity (Wildman–Crippen MR) is 85.1 cm³/mol. The van der Waals surface area contributed by atoms with Gasteiger partial charge in [-0.1, -0.05) is 41.9 Å². The SMILES string of the molecule is C[C@H](Sc1ccccc1)C(=O)NCc1cccc(Cl)c1. The molecule has 0 saturated heterocycles. The Hall–Kier alpha value is -1.45. The maximum Gasteiger partial charge on any atom is 0.233 e. The van der Waals surface area contributed by atoms with Crippen LogP contribution in [0.4, 0.5) is 0 Å². The van der Waals surface area contributed by atoms with Crippen molar-refractivity contribution in [1.82, 2.24) is 5.32 Å². The molecule has 1 atom stereocenters. The van der Waals surface area contributed by atoms with E-state index < -0.39 is 0 Å². The van der Waals surface area contributed by atoms with E-state index >= 15 is 0 Å². The first-order chi connectivity index (χ1) is 9.65. The van der Waals surface area contributed by atoms with Crippen molar-refractivity contribution in [2.24, 2.45) is 0 Å². The molecule has 0 radical (unpaired) electrons. The number of nitrogens with one attached hydrogen (secondary N) is 1. The third-order valence-corrected chi connectivity index (χ3v) is 4.13. The minimum Gasteiger partial charge on any atom is -0.351 e. The van der Waals surface area contributed by atoms with Gasteiger partial charge in [0.15, 0.2) is 0 Å². The highest BCUT2D eigenvalue weighted by Crippen LogP contribution is 2.22. The van der Waals surface area contributed by atoms with E-state index in [1.54, 1.807) is 11.8 Å². The molecule has 1 N–H and O–H groups in total. The molecule has 4 heteroatoms. The van der Waals surface area contributed by atoms with E-state index in [4.69, 9.17) is 11.6 Å². The van der Waals surface area contributed by atoms with Crippen LogP contribution in [-0.4, -0.2) is 11.2 Å². The second-order valence-electron chi connectivity index (χ2n) is 4.42. The molecule has 2 rings (SSSR count). The maximum atomic E-state index is 12.0. The fourth-order valence-electron chi connectivity index (χ4n) is 1.74. The van der Waals surface area contributed by atoms with E-state index in [0.717, 1.165) is 10.5 Å². The first-order valence-electron chi connectivity index (χ1n) is 6.39. The first-order valence-corrected chi connectivity index (χ1v) is 7.65. The van der Waals surface area contributed by atoms with Crippen LogP contribution < -0.4 is 5.32 Å². The number of hydrogen-bond donors (Lipinski definition) is 1. The Labute approximate surface area is 128 Å². The van der Waals surface area contributed by atoms with Gasteiger partial charge >= 0.3 is 0 Å². The quantitative estimate of drug-likeness (QED) is 0.841. The van der Waals surface area contributed by atoms with Crippen molar-refractivity contribution in [3.63, 3.8) is 0 Å². The summed E-state index contributed by atoms with van der Waals surface area (Å²) in [7, 11) is 0. The smallest absolute Gasteiger partial charge is 0.233 e. The summed E-state index contributed by atoms with van der Waals surface area (Å²) in [6.07, 6.45) is 0. The molecule has 0 saturated carbocycles. The summed E-state index contributed by atoms with van der Waals surface area (Å²) in [4.78, 5) is 13.1. The van der Waals surface area contributed by atoms with E-state index in [0.29, 0.717) is 11.6 Å². The highest BCUT2D eigenvalue weighted by atomic mass is 35.5. The van der Waals surface area contributed by atoms with Gasteiger partial charge in [-0.25, -0.2) is 0 Å². The molecule has 0 heterocycles. The van der Waals surface area contributed by atoms with Crippen molar-refractivity contribution in [3.05, 3.63) is 65.2 Å². The lowest BCUT2D eigenvalue weighted by Crippen LogP contribution is -2.30. The fraction of sp³-hybridized carbons (Fsp3) is 0.188. The van der Waals surface area contributed by atoms with Crippen molar-refractivity contribution >= 4 is 29.3 Å². The molecule has 0 fully saturated rings. The van der Waals surface area contributed by atoms with Gasteiger partial charge < -0.3 is 5.32 Å². The van der Waals surface area contributed by atoms with E-state index in [9.17, 15) is 4.79 Å². The molecule has 0 aliphatic heterocycles. The zero-order valence-electron chi connectivity index (χ0n) is 11.2. The number of rotatable bonds is 5. The van der Waals surface area contributed by atoms with Gasteiger partial charge in [0.2, 0.25) is 5.91 Å². The molecule has 0 aromatic heterocycles. The summed E-state index contributed by atoms with van der Waals surface area (Å²) in [5, 5.41) is 3.48. The van der Waals surface area contributed by atoms with Crippen LogP contribution in [0.25, 0.3) is 0 Å². The van der Waals surface area contributed by atoms with Gasteiger partial charge in [-0.3, -0.25) is 4.79 Å². The van der Waals surface area contributed by atoms with Gasteiger partial charge in [-0.2, -0.15) is 0 Å². The van der Waals surface area contributed by atoms with Crippen LogP contribution >= 0.6 is 23.4 Å². The molecular formula is C16H16ClNOS. The van der Waals surface area contributed by atoms with Crippen LogP contribution in [0.1, 0.15) is 12.5 Å². The standard InChI is InChI=1S/C16H16ClNOS/c1-12(20-15-8-3-2-4-9-15)16(19)18-11-13-6-5-7-14(17)10-13/h2-10,12H,11H2,1H3,(H,18,19)/t12-/m0/s1. The number of hydrogen-bond acceptors (Lipinski definition) is 2. The van der Waals surface area contributed by atoms with Crippen LogP contribution in [0, 0.1) is 0 Å². The highest BCUT2D eigenvalue weighted by molar-refractivity contribution is 8.00. The topological polar surface area (TPSA) is 29.1 Å². The van der Waals surface area contributed by atoms with Crippen LogP contribution in [0.15, 0.2) is 59.5 Å². The molecule has 2 aromatic rings. The van der Waals surface area contributed by atoms with Gasteiger partial charge in [0, 0.05) is 16.5 Å². The van der Waals surface area contributed by atoms with E-state index in [2.05, 4.69) is 5.32 Å². The summed E-state index contributed by atoms with van der Waals surface area (Å²) >= 11 is 7.47. The van der Waals surface area contributed by atoms with Gasteiger partial charge in [0.1, 0.15) is 0 Å². The van der Waals surface area contributed by atoms with Crippen LogP contribution in [0.5, 0.6) is 0 Å². The molecule has 104 valence electrons. The van der Waals surface area contributed by atoms with Crippen molar-refractivity contribution in [2.75, 3.05) is 0 Å². The molecule has 2 aromatic carbocycles. The number of benzene rings is 2. The van der Waals surface area contributed by atoms with E-state index in [1.165, 1.54) is 0 Å². The second kappa shape index (κ2) is 7.36. The maximum absolute atomic E-state index is 12.0. The van der Waals surface area contributed by atoms with Crippen molar-refractivity contribution in [3.8, 4) is 0 Å². The van der Waals surface area contributed by atoms with Crippen molar-refractivity contribution < 1.29 is 4.79 Å². The molecule has 0 unspecified atom stereocenters. The minimum absolute atomic E-state index is 0.0267. The van der Waals surface area contributed by atoms with Crippen molar-refractivity contribution in [2.45, 2.75) is 23.6 Å². The number of amides is 1. The largest absolute Gasteiger partial charge is 0.351 e. The Kier molecular flexibility index (Phi) is 5.50. The molecule has 0 bridgehead atoms. The molecule has 1 amide bonds. The van der Waals surface area contributed by atoms with Crippen molar-refractivity contribution in [1.29, 1.82) is 0 Å². The predicted octanol–water partition coefficient (Wildman–Crippen LogP) is 4.14. The Bertz CT molecular complexity index is 574. The van der Waals surface area contributed by atoms with E-state index in [1.807, 2.05) is 61.5 Å². The molecule has 0 aliphatic carbocycles. The zero-order valence-corrected chi connectivity index (χ0v) is 12.7. The van der Waals surface area contributed by atoms with Gasteiger partial charge in [0.25, 0.3) is 0 Å². The van der Waals surface area contributed by atoms with Gasteiger partial charge in [-0.15, -0.1) is 11.8 Å². The fourth-order valence-corrected chi connectivity index (χ4v) is 2.86. The minimum atomic E-state index is -0.128. The van der Waals surface area contributed by atoms with Crippen LogP contribution in [0.3, 0.4) is 0 Å². The highest BCUT2D eigenvalue weighted by Gasteiger charge is 2.13. The number of carbonyl (C=O) groups excluding carboxylic acids is 1. The number of carbonyl (C=O) groups is 1. The average molecular weight is 306 g/mol. The summed E-state index contributed by atoms with van der Waals surface area (Å²) in [5.74, 6) is 0.0267. The summed E-state index contributed by atoms with van der Waals surface area (Å²) < 4.78 is 0. The molecule has 0 aliphatic rings. The molecular weight excluding hydrogens is 290 g/mol. The van der Waals surface area contributed by atoms with Crippen LogP contribution in [-0.2, 0) is 11.3 Å². The Morgan fingerprint density at radius 2 is 1.95 bits per heavy atom. The lowest BCUT2D eigenvalue weighted by atomic mass is 10.2. The number of halogens is 1. The van der Waals surface area contributed by atoms with Gasteiger partial charge in [0.05, 0.1) is 5.25 Å². The molecule has 20 heavy (non-hydrogen) atoms. The molecule has 2 nitrogen and oxygen atoms in total. The van der Waals surface area contributed by atoms with Gasteiger partial charge in [-0.05, 0) is 36.8 Å². The third-order valence-electron chi connectivity index (χ3n) is 2.78. The third kappa shape index (κ3) is 4.58. The lowest BCUT2D eigenvalue weighted by molar-refractivity contribution is -0.120. The Morgan fingerprint density at radius 3 is 2.65 bits per heavy atom. The number of thioether (sulfide) groups is 1. The average Bonchev–Trinajstić information content (AvgIpc) is 2.46. The first kappa shape index (κ1) is 14.9. The second-order valence-corrected chi connectivity index (χ2v) is 6.27. The van der Waals surface area contributed by atoms with E-state index in [-0.39, 0.29) is 11.2 Å². The monoisotopic (exact) mass is 305 g/mol. The summed E-state index contributed by atoms with van der Waals surface area (Å²) in [6.45, 7) is 2.41. The Morgan fingerprint density at radius 1 is 1.20 bits per heavy atom.